The zero-order chi connectivity index (χ0) is 114. The first-order valence-electron chi connectivity index (χ1n) is 57.7. The molecule has 0 atom stereocenters. The van der Waals surface area contributed by atoms with E-state index in [1.807, 2.05) is 158 Å². The molecule has 0 saturated carbocycles. The lowest BCUT2D eigenvalue weighted by Crippen LogP contribution is -1.91. The van der Waals surface area contributed by atoms with E-state index in [2.05, 4.69) is 0 Å². The van der Waals surface area contributed by atoms with Crippen LogP contribution in [0.2, 0.25) is 0 Å². The van der Waals surface area contributed by atoms with Gasteiger partial charge in [-0.3, -0.25) is 0 Å². The van der Waals surface area contributed by atoms with E-state index in [1.165, 1.54) is 0 Å². The molecule has 3 heterocycles. The molecule has 544 valence electrons. The minimum Gasteiger partial charge on any atom is -0.456 e. The van der Waals surface area contributed by atoms with Crippen molar-refractivity contribution in [3.8, 4) is 77.9 Å². The molecule has 0 aliphatic heterocycles. The average Bonchev–Trinajstić information content (AvgIpc) is 1.16. The highest BCUT2D eigenvalue weighted by Crippen LogP contribution is 2.51. The molecule has 25 aromatic rings. The standard InChI is InChI=1S/C42H26O.2C36H22O/c1-2-13-30-27(11-1)12-9-20-33(30)41-36-17-5-3-15-34(36)40(35-16-4-6-18-37(35)41)29-25-23-28(24-26-29)31-19-10-21-38-32-14-7-8-22-39(32)43-42(31)38;1-2-12-25-23(10-1)11-9-18-28(25)36-31-16-5-3-14-29(31)35(30-15-4-6-17-32(30)36)24-20-21-27-26-13-7-8-19-33(26)37-34(27)22-24;1-2-10-24-21-25(18-17-23(24)9-1)35-29-12-3-5-14-31(29)36(32-15-6-4-13-30(32)35)26-19-20-28-27-11-7-8-16-33(27)37-34(28)22-26/h1-26H;2*1-22H/i1D,2D,3D,4D,5D,6D,7D,8D,9D,10D,11D,12D,13D,14D,15D,16D,17D,18D,19D,20D,21D,22D,23D,24D,25D,26D;3D,4D,5D,6D,14D,15D,16D,17D;3D,4D,5D,6D,12D,13D,14D,15D. The molecule has 0 radical (unpaired) electrons. The Hall–Kier alpha value is -15.4. The number of furan rings is 3. The van der Waals surface area contributed by atoms with Crippen molar-refractivity contribution in [2.75, 3.05) is 0 Å². The first-order valence-corrected chi connectivity index (χ1v) is 36.7. The van der Waals surface area contributed by atoms with Crippen LogP contribution < -0.4 is 0 Å². The zero-order valence-corrected chi connectivity index (χ0v) is 60.4. The quantitative estimate of drug-likeness (QED) is 0.149. The van der Waals surface area contributed by atoms with Crippen LogP contribution in [0.3, 0.4) is 0 Å². The van der Waals surface area contributed by atoms with Gasteiger partial charge in [0.15, 0.2) is 0 Å². The summed E-state index contributed by atoms with van der Waals surface area (Å²) in [6, 6.07) is 23.5. The molecule has 0 fully saturated rings. The molecule has 25 rings (SSSR count). The SMILES string of the molecule is [2H]c1c([2H])c(-c2c3c([2H])c([2H])c([2H])c([2H])c3c(-c3c([2H])c([2H])c([2H])c4c([2H])c([2H])c([2H])c([2H])c34)c3c([2H])c([2H])c([2H])c([2H])c23)c([2H])c([2H])c1-c1c([2H])c([2H])c([2H])c2c1oc1c([2H])c([2H])c([2H])c([2H])c12.[2H]c1c([2H])c([2H])c2c(-c3ccc4c(c3)oc3ccccc34)c3c([2H])c([2H])c([2H])c([2H])c3c(-c3ccc4ccccc4c3)c2c1[2H].[2H]c1c([2H])c([2H])c2c(-c3cccc4ccccc34)c3c([2H])c([2H])c([2H])c([2H])c3c(-c3ccc4c(c3)oc3ccccc34)c2c1[2H]. The maximum Gasteiger partial charge on any atom is 0.143 e. The maximum absolute atomic E-state index is 9.54. The minimum atomic E-state index is -1.07. The van der Waals surface area contributed by atoms with Gasteiger partial charge in [0.1, 0.15) is 33.5 Å². The molecule has 0 aliphatic rings. The molecular weight excluding hydrogens is 1420 g/mol. The van der Waals surface area contributed by atoms with Crippen molar-refractivity contribution < 1.29 is 70.8 Å². The molecular formula is C114H70O3. The van der Waals surface area contributed by atoms with E-state index in [4.69, 9.17) is 53.0 Å². The van der Waals surface area contributed by atoms with Crippen molar-refractivity contribution >= 4 is 163 Å². The van der Waals surface area contributed by atoms with Crippen LogP contribution in [0.1, 0.15) is 57.6 Å². The Kier molecular flexibility index (Phi) is 8.89. The van der Waals surface area contributed by atoms with Crippen LogP contribution in [0.25, 0.3) is 241 Å². The fourth-order valence-corrected chi connectivity index (χ4v) is 16.1. The Morgan fingerprint density at radius 2 is 0.513 bits per heavy atom. The number of hydrogen-bond donors (Lipinski definition) is 0. The van der Waals surface area contributed by atoms with Gasteiger partial charge >= 0.3 is 0 Å². The number of fused-ring (bicyclic) bond motifs is 18. The van der Waals surface area contributed by atoms with E-state index in [0.29, 0.717) is 66.8 Å². The van der Waals surface area contributed by atoms with Gasteiger partial charge in [0.25, 0.3) is 0 Å². The van der Waals surface area contributed by atoms with Crippen molar-refractivity contribution in [3.05, 3.63) is 424 Å². The topological polar surface area (TPSA) is 39.4 Å². The summed E-state index contributed by atoms with van der Waals surface area (Å²) in [7, 11) is 0. The van der Waals surface area contributed by atoms with Gasteiger partial charge in [-0.05, 0) is 218 Å². The fraction of sp³-hybridized carbons (Fsp3) is 0. The normalized spacial score (nSPS) is 16.8. The van der Waals surface area contributed by atoms with Gasteiger partial charge in [0.2, 0.25) is 0 Å². The number of hydrogen-bond acceptors (Lipinski definition) is 3. The second-order valence-corrected chi connectivity index (χ2v) is 27.5. The molecule has 117 heavy (non-hydrogen) atoms. The van der Waals surface area contributed by atoms with Crippen molar-refractivity contribution in [3.63, 3.8) is 0 Å². The lowest BCUT2D eigenvalue weighted by molar-refractivity contribution is 0.668. The van der Waals surface area contributed by atoms with Gasteiger partial charge in [-0.25, -0.2) is 0 Å². The van der Waals surface area contributed by atoms with E-state index < -0.39 is 288 Å². The second-order valence-electron chi connectivity index (χ2n) is 27.5. The molecule has 0 saturated heterocycles. The molecule has 0 aliphatic carbocycles. The lowest BCUT2D eigenvalue weighted by Gasteiger charge is -2.19. The van der Waals surface area contributed by atoms with Crippen LogP contribution in [-0.4, -0.2) is 0 Å². The Morgan fingerprint density at radius 3 is 1.05 bits per heavy atom. The molecule has 0 spiro atoms. The lowest BCUT2D eigenvalue weighted by atomic mass is 9.84. The van der Waals surface area contributed by atoms with Crippen molar-refractivity contribution in [1.82, 2.24) is 0 Å². The second kappa shape index (κ2) is 27.8. The molecule has 0 bridgehead atoms. The average molecular weight is 1530 g/mol. The Morgan fingerprint density at radius 1 is 0.154 bits per heavy atom. The maximum atomic E-state index is 9.54. The summed E-state index contributed by atoms with van der Waals surface area (Å²) in [5.41, 5.74) is 0.478. The Labute approximate surface area is 733 Å². The summed E-state index contributed by atoms with van der Waals surface area (Å²) in [5.74, 6) is 0. The summed E-state index contributed by atoms with van der Waals surface area (Å²) in [4.78, 5) is 0. The van der Waals surface area contributed by atoms with Crippen molar-refractivity contribution in [2.45, 2.75) is 0 Å². The van der Waals surface area contributed by atoms with Gasteiger partial charge in [-0.2, -0.15) is 0 Å². The van der Waals surface area contributed by atoms with Crippen LogP contribution in [0, 0.1) is 0 Å². The van der Waals surface area contributed by atoms with E-state index >= 15 is 0 Å². The number of benzene rings is 22. The molecule has 3 nitrogen and oxygen atoms in total. The highest BCUT2D eigenvalue weighted by Gasteiger charge is 2.24. The third-order valence-corrected chi connectivity index (χ3v) is 21.2. The summed E-state index contributed by atoms with van der Waals surface area (Å²) >= 11 is 0. The summed E-state index contributed by atoms with van der Waals surface area (Å²) in [6.45, 7) is 0. The molecule has 22 aromatic carbocycles. The monoisotopic (exact) mass is 1530 g/mol. The van der Waals surface area contributed by atoms with Crippen LogP contribution in [-0.2, 0) is 0 Å². The molecule has 0 unspecified atom stereocenters. The predicted octanol–water partition coefficient (Wildman–Crippen LogP) is 32.8. The third-order valence-electron chi connectivity index (χ3n) is 21.2. The van der Waals surface area contributed by atoms with E-state index in [-0.39, 0.29) is 96.8 Å². The van der Waals surface area contributed by atoms with Gasteiger partial charge in [0.05, 0.1) is 57.6 Å². The van der Waals surface area contributed by atoms with Crippen LogP contribution in [0.15, 0.2) is 437 Å². The minimum absolute atomic E-state index is 0.178. The van der Waals surface area contributed by atoms with Crippen LogP contribution >= 0.6 is 0 Å². The molecule has 0 amide bonds. The van der Waals surface area contributed by atoms with Crippen molar-refractivity contribution in [2.24, 2.45) is 0 Å². The highest BCUT2D eigenvalue weighted by molar-refractivity contribution is 6.27. The van der Waals surface area contributed by atoms with E-state index in [0.717, 1.165) is 43.1 Å². The molecule has 3 aromatic heterocycles. The van der Waals surface area contributed by atoms with Gasteiger partial charge in [-0.15, -0.1) is 0 Å². The molecule has 0 N–H and O–H groups in total. The number of rotatable bonds is 7. The first-order chi connectivity index (χ1) is 75.5. The van der Waals surface area contributed by atoms with E-state index in [1.54, 1.807) is 12.1 Å². The third kappa shape index (κ3) is 11.2. The smallest absolute Gasteiger partial charge is 0.143 e. The largest absolute Gasteiger partial charge is 0.456 e. The van der Waals surface area contributed by atoms with Crippen LogP contribution in [0.5, 0.6) is 0 Å². The fourth-order valence-electron chi connectivity index (χ4n) is 16.1. The zero-order valence-electron chi connectivity index (χ0n) is 102. The van der Waals surface area contributed by atoms with E-state index in [9.17, 15) is 17.8 Å². The van der Waals surface area contributed by atoms with Crippen LogP contribution in [0.4, 0.5) is 0 Å². The Bertz CT molecular complexity index is 10800. The number of para-hydroxylation sites is 4. The van der Waals surface area contributed by atoms with Gasteiger partial charge in [-0.1, -0.05) is 375 Å². The van der Waals surface area contributed by atoms with Gasteiger partial charge in [0, 0.05) is 37.9 Å². The first kappa shape index (κ1) is 37.5. The van der Waals surface area contributed by atoms with Crippen molar-refractivity contribution in [1.29, 1.82) is 0 Å². The summed E-state index contributed by atoms with van der Waals surface area (Å²) in [6.07, 6.45) is 0. The predicted molar refractivity (Wildman–Crippen MR) is 497 cm³/mol. The summed E-state index contributed by atoms with van der Waals surface area (Å²) in [5, 5.41) is 3.64. The van der Waals surface area contributed by atoms with Gasteiger partial charge < -0.3 is 13.3 Å². The summed E-state index contributed by atoms with van der Waals surface area (Å²) < 4.78 is 392. The molecule has 3 heteroatoms. The Balaban J connectivity index is 0.000000133. The highest BCUT2D eigenvalue weighted by atomic mass is 16.3.